The van der Waals surface area contributed by atoms with Gasteiger partial charge in [0.25, 0.3) is 5.69 Å². The summed E-state index contributed by atoms with van der Waals surface area (Å²) in [7, 11) is 0. The number of rotatable bonds is 4. The molecular weight excluding hydrogens is 305 g/mol. The van der Waals surface area contributed by atoms with Crippen LogP contribution in [0.25, 0.3) is 0 Å². The van der Waals surface area contributed by atoms with Gasteiger partial charge in [-0.1, -0.05) is 29.3 Å². The molecule has 0 aliphatic heterocycles. The van der Waals surface area contributed by atoms with E-state index in [0.717, 1.165) is 0 Å². The van der Waals surface area contributed by atoms with Gasteiger partial charge in [0.2, 0.25) is 0 Å². The fraction of sp³-hybridized carbons (Fsp3) is 0.0769. The van der Waals surface area contributed by atoms with Crippen molar-refractivity contribution < 1.29 is 14.8 Å². The Bertz CT molecular complexity index is 661. The number of ether oxygens (including phenoxy) is 1. The zero-order chi connectivity index (χ0) is 14.7. The normalized spacial score (nSPS) is 10.3. The lowest BCUT2D eigenvalue weighted by atomic mass is 10.2. The Balaban J connectivity index is 2.42. The van der Waals surface area contributed by atoms with Crippen LogP contribution in [-0.2, 0) is 6.61 Å². The van der Waals surface area contributed by atoms with Crippen LogP contribution >= 0.6 is 23.2 Å². The molecule has 2 rings (SSSR count). The molecule has 0 radical (unpaired) electrons. The minimum atomic E-state index is -0.548. The highest BCUT2D eigenvalue weighted by Crippen LogP contribution is 2.35. The lowest BCUT2D eigenvalue weighted by Crippen LogP contribution is -1.94. The van der Waals surface area contributed by atoms with Gasteiger partial charge in [-0.05, 0) is 18.2 Å². The predicted octanol–water partition coefficient (Wildman–Crippen LogP) is 4.19. The van der Waals surface area contributed by atoms with Crippen molar-refractivity contribution in [3.8, 4) is 11.5 Å². The van der Waals surface area contributed by atoms with Crippen LogP contribution in [0.1, 0.15) is 5.56 Å². The van der Waals surface area contributed by atoms with Gasteiger partial charge in [-0.25, -0.2) is 0 Å². The lowest BCUT2D eigenvalue weighted by Gasteiger charge is -2.11. The Morgan fingerprint density at radius 3 is 2.55 bits per heavy atom. The molecule has 5 nitrogen and oxygen atoms in total. The number of aliphatic hydroxyl groups excluding tert-OH is 1. The van der Waals surface area contributed by atoms with Gasteiger partial charge in [-0.2, -0.15) is 0 Å². The summed E-state index contributed by atoms with van der Waals surface area (Å²) in [6.07, 6.45) is 0. The Morgan fingerprint density at radius 1 is 1.15 bits per heavy atom. The van der Waals surface area contributed by atoms with Crippen LogP contribution in [0.2, 0.25) is 10.0 Å². The first-order chi connectivity index (χ1) is 9.52. The van der Waals surface area contributed by atoms with Crippen LogP contribution < -0.4 is 4.74 Å². The van der Waals surface area contributed by atoms with E-state index in [9.17, 15) is 15.2 Å². The molecule has 0 heterocycles. The summed E-state index contributed by atoms with van der Waals surface area (Å²) < 4.78 is 5.52. The average molecular weight is 314 g/mol. The van der Waals surface area contributed by atoms with Gasteiger partial charge in [-0.15, -0.1) is 0 Å². The van der Waals surface area contributed by atoms with Crippen LogP contribution in [0.5, 0.6) is 11.5 Å². The van der Waals surface area contributed by atoms with E-state index in [-0.39, 0.29) is 23.1 Å². The van der Waals surface area contributed by atoms with Crippen LogP contribution in [0.15, 0.2) is 36.4 Å². The third-order valence-corrected chi connectivity index (χ3v) is 3.25. The molecule has 0 saturated carbocycles. The number of hydrogen-bond acceptors (Lipinski definition) is 4. The van der Waals surface area contributed by atoms with Crippen molar-refractivity contribution in [2.45, 2.75) is 6.61 Å². The molecule has 0 unspecified atom stereocenters. The maximum Gasteiger partial charge on any atom is 0.273 e. The summed E-state index contributed by atoms with van der Waals surface area (Å²) >= 11 is 11.9. The molecule has 0 saturated heterocycles. The topological polar surface area (TPSA) is 72.6 Å². The molecule has 0 aromatic heterocycles. The van der Waals surface area contributed by atoms with E-state index in [1.54, 1.807) is 18.2 Å². The fourth-order valence-electron chi connectivity index (χ4n) is 1.59. The number of benzene rings is 2. The van der Waals surface area contributed by atoms with E-state index in [0.29, 0.717) is 16.3 Å². The standard InChI is InChI=1S/C13H9Cl2NO4/c14-10-2-1-3-12(9(10)7-17)20-13-6-8(16(18)19)4-5-11(13)15/h1-6,17H,7H2. The molecular formula is C13H9Cl2NO4. The molecule has 104 valence electrons. The quantitative estimate of drug-likeness (QED) is 0.678. The summed E-state index contributed by atoms with van der Waals surface area (Å²) in [5.74, 6) is 0.417. The first kappa shape index (κ1) is 14.6. The molecule has 0 atom stereocenters. The molecule has 0 aliphatic carbocycles. The predicted molar refractivity (Wildman–Crippen MR) is 75.6 cm³/mol. The second-order valence-corrected chi connectivity index (χ2v) is 4.66. The van der Waals surface area contributed by atoms with Crippen molar-refractivity contribution in [3.63, 3.8) is 0 Å². The number of nitro benzene ring substituents is 1. The van der Waals surface area contributed by atoms with Crippen molar-refractivity contribution in [2.75, 3.05) is 0 Å². The van der Waals surface area contributed by atoms with E-state index in [2.05, 4.69) is 0 Å². The van der Waals surface area contributed by atoms with Gasteiger partial charge in [0.15, 0.2) is 5.75 Å². The Kier molecular flexibility index (Phi) is 4.44. The Morgan fingerprint density at radius 2 is 1.90 bits per heavy atom. The van der Waals surface area contributed by atoms with Crippen LogP contribution in [0.3, 0.4) is 0 Å². The molecule has 2 aromatic carbocycles. The SMILES string of the molecule is O=[N+]([O-])c1ccc(Cl)c(Oc2cccc(Cl)c2CO)c1. The summed E-state index contributed by atoms with van der Waals surface area (Å²) in [5.41, 5.74) is 0.244. The van der Waals surface area contributed by atoms with Crippen LogP contribution in [0.4, 0.5) is 5.69 Å². The van der Waals surface area contributed by atoms with Crippen LogP contribution in [-0.4, -0.2) is 10.0 Å². The van der Waals surface area contributed by atoms with Gasteiger partial charge >= 0.3 is 0 Å². The molecule has 7 heteroatoms. The molecule has 1 N–H and O–H groups in total. The first-order valence-electron chi connectivity index (χ1n) is 5.53. The lowest BCUT2D eigenvalue weighted by molar-refractivity contribution is -0.384. The van der Waals surface area contributed by atoms with Gasteiger partial charge in [0.1, 0.15) is 5.75 Å². The molecule has 0 aliphatic rings. The van der Waals surface area contributed by atoms with Crippen molar-refractivity contribution >= 4 is 28.9 Å². The summed E-state index contributed by atoms with van der Waals surface area (Å²) in [6, 6.07) is 8.70. The van der Waals surface area contributed by atoms with E-state index < -0.39 is 4.92 Å². The molecule has 2 aromatic rings. The fourth-order valence-corrected chi connectivity index (χ4v) is 1.97. The largest absolute Gasteiger partial charge is 0.455 e. The molecule has 20 heavy (non-hydrogen) atoms. The highest BCUT2D eigenvalue weighted by molar-refractivity contribution is 6.32. The molecule has 0 fully saturated rings. The second kappa shape index (κ2) is 6.09. The third-order valence-electron chi connectivity index (χ3n) is 2.58. The molecule has 0 spiro atoms. The van der Waals surface area contributed by atoms with E-state index in [4.69, 9.17) is 27.9 Å². The maximum atomic E-state index is 10.7. The van der Waals surface area contributed by atoms with E-state index in [1.165, 1.54) is 18.2 Å². The number of non-ortho nitro benzene ring substituents is 1. The zero-order valence-electron chi connectivity index (χ0n) is 10.0. The number of nitro groups is 1. The Hall–Kier alpha value is -1.82. The maximum absolute atomic E-state index is 10.7. The summed E-state index contributed by atoms with van der Waals surface area (Å²) in [4.78, 5) is 10.2. The zero-order valence-corrected chi connectivity index (χ0v) is 11.6. The van der Waals surface area contributed by atoms with Crippen molar-refractivity contribution in [2.24, 2.45) is 0 Å². The highest BCUT2D eigenvalue weighted by Gasteiger charge is 2.14. The smallest absolute Gasteiger partial charge is 0.273 e. The Labute approximate surface area is 124 Å². The molecule has 0 amide bonds. The van der Waals surface area contributed by atoms with Gasteiger partial charge < -0.3 is 9.84 Å². The summed E-state index contributed by atoms with van der Waals surface area (Å²) in [6.45, 7) is -0.318. The van der Waals surface area contributed by atoms with Gasteiger partial charge in [0, 0.05) is 16.7 Å². The van der Waals surface area contributed by atoms with Crippen LogP contribution in [0, 0.1) is 10.1 Å². The average Bonchev–Trinajstić information content (AvgIpc) is 2.41. The second-order valence-electron chi connectivity index (χ2n) is 3.85. The number of nitrogens with zero attached hydrogens (tertiary/aromatic N) is 1. The van der Waals surface area contributed by atoms with E-state index >= 15 is 0 Å². The minimum Gasteiger partial charge on any atom is -0.455 e. The van der Waals surface area contributed by atoms with Gasteiger partial charge in [-0.3, -0.25) is 10.1 Å². The van der Waals surface area contributed by atoms with E-state index in [1.807, 2.05) is 0 Å². The van der Waals surface area contributed by atoms with Crippen molar-refractivity contribution in [1.82, 2.24) is 0 Å². The summed E-state index contributed by atoms with van der Waals surface area (Å²) in [5, 5.41) is 20.6. The third kappa shape index (κ3) is 3.01. The minimum absolute atomic E-state index is 0.123. The number of hydrogen-bond donors (Lipinski definition) is 1. The number of halogens is 2. The molecule has 0 bridgehead atoms. The highest BCUT2D eigenvalue weighted by atomic mass is 35.5. The monoisotopic (exact) mass is 313 g/mol. The van der Waals surface area contributed by atoms with Crippen molar-refractivity contribution in [3.05, 3.63) is 62.1 Å². The van der Waals surface area contributed by atoms with Crippen molar-refractivity contribution in [1.29, 1.82) is 0 Å². The first-order valence-corrected chi connectivity index (χ1v) is 6.28. The van der Waals surface area contributed by atoms with Gasteiger partial charge in [0.05, 0.1) is 22.6 Å². The number of aliphatic hydroxyl groups is 1.